The van der Waals surface area contributed by atoms with Gasteiger partial charge in [0.05, 0.1) is 20.4 Å². The Morgan fingerprint density at radius 2 is 1.77 bits per heavy atom. The lowest BCUT2D eigenvalue weighted by molar-refractivity contribution is -0.123. The minimum Gasteiger partial charge on any atom is -0.493 e. The summed E-state index contributed by atoms with van der Waals surface area (Å²) in [4.78, 5) is 25.3. The van der Waals surface area contributed by atoms with Crippen LogP contribution in [-0.4, -0.2) is 45.1 Å². The van der Waals surface area contributed by atoms with Crippen LogP contribution in [0.2, 0.25) is 0 Å². The predicted molar refractivity (Wildman–Crippen MR) is 114 cm³/mol. The van der Waals surface area contributed by atoms with Crippen LogP contribution in [0.5, 0.6) is 23.0 Å². The van der Waals surface area contributed by atoms with Gasteiger partial charge in [0.15, 0.2) is 23.0 Å². The van der Waals surface area contributed by atoms with E-state index >= 15 is 0 Å². The lowest BCUT2D eigenvalue weighted by atomic mass is 10.0. The summed E-state index contributed by atoms with van der Waals surface area (Å²) in [7, 11) is 3.09. The van der Waals surface area contributed by atoms with Crippen LogP contribution in [0.4, 0.5) is 0 Å². The van der Waals surface area contributed by atoms with E-state index in [0.29, 0.717) is 34.1 Å². The Morgan fingerprint density at radius 3 is 2.48 bits per heavy atom. The van der Waals surface area contributed by atoms with Gasteiger partial charge < -0.3 is 24.3 Å². The fraction of sp³-hybridized carbons (Fsp3) is 0.318. The van der Waals surface area contributed by atoms with Crippen LogP contribution in [0.25, 0.3) is 0 Å². The third-order valence-electron chi connectivity index (χ3n) is 4.67. The van der Waals surface area contributed by atoms with Gasteiger partial charge in [-0.3, -0.25) is 9.59 Å². The summed E-state index contributed by atoms with van der Waals surface area (Å²) >= 11 is 0. The minimum atomic E-state index is -0.777. The largest absolute Gasteiger partial charge is 0.493 e. The summed E-state index contributed by atoms with van der Waals surface area (Å²) in [6.45, 7) is 3.79. The fourth-order valence-corrected chi connectivity index (χ4v) is 2.97. The van der Waals surface area contributed by atoms with Crippen LogP contribution in [0.3, 0.4) is 0 Å². The van der Waals surface area contributed by atoms with Crippen LogP contribution in [0, 0.1) is 5.92 Å². The molecule has 9 heteroatoms. The molecule has 1 atom stereocenters. The van der Waals surface area contributed by atoms with Crippen LogP contribution >= 0.6 is 0 Å². The average Bonchev–Trinajstić information content (AvgIpc) is 3.24. The van der Waals surface area contributed by atoms with E-state index in [2.05, 4.69) is 15.8 Å². The van der Waals surface area contributed by atoms with Gasteiger partial charge >= 0.3 is 0 Å². The molecule has 9 nitrogen and oxygen atoms in total. The summed E-state index contributed by atoms with van der Waals surface area (Å²) in [6, 6.07) is 9.34. The third kappa shape index (κ3) is 5.25. The Morgan fingerprint density at radius 1 is 1.03 bits per heavy atom. The van der Waals surface area contributed by atoms with Crippen LogP contribution in [0.15, 0.2) is 41.5 Å². The highest BCUT2D eigenvalue weighted by atomic mass is 16.7. The number of carbonyl (C=O) groups excluding carboxylic acids is 2. The van der Waals surface area contributed by atoms with Crippen molar-refractivity contribution in [3.8, 4) is 23.0 Å². The summed E-state index contributed by atoms with van der Waals surface area (Å²) in [5.74, 6) is 1.24. The van der Waals surface area contributed by atoms with Crippen LogP contribution < -0.4 is 29.7 Å². The highest BCUT2D eigenvalue weighted by Crippen LogP contribution is 2.32. The maximum Gasteiger partial charge on any atom is 0.262 e. The number of fused-ring (bicyclic) bond motifs is 1. The number of nitrogens with zero attached hydrogens (tertiary/aromatic N) is 1. The molecule has 1 aliphatic heterocycles. The molecule has 0 spiro atoms. The molecule has 0 fully saturated rings. The quantitative estimate of drug-likeness (QED) is 0.495. The molecule has 164 valence electrons. The summed E-state index contributed by atoms with van der Waals surface area (Å²) in [6.07, 6.45) is 1.48. The maximum absolute atomic E-state index is 12.6. The molecule has 2 amide bonds. The number of nitrogens with one attached hydrogen (secondary N) is 2. The van der Waals surface area contributed by atoms with Crippen molar-refractivity contribution in [3.05, 3.63) is 47.5 Å². The summed E-state index contributed by atoms with van der Waals surface area (Å²) in [5, 5.41) is 6.74. The second-order valence-corrected chi connectivity index (χ2v) is 7.11. The second kappa shape index (κ2) is 9.84. The van der Waals surface area contributed by atoms with Crippen molar-refractivity contribution < 1.29 is 28.5 Å². The number of hydrazone groups is 1. The smallest absolute Gasteiger partial charge is 0.262 e. The molecule has 0 aliphatic carbocycles. The molecule has 0 aromatic heterocycles. The maximum atomic E-state index is 12.6. The molecule has 2 aromatic rings. The third-order valence-corrected chi connectivity index (χ3v) is 4.67. The molecule has 1 aliphatic rings. The van der Waals surface area contributed by atoms with E-state index in [4.69, 9.17) is 18.9 Å². The monoisotopic (exact) mass is 427 g/mol. The van der Waals surface area contributed by atoms with E-state index in [9.17, 15) is 9.59 Å². The molecular formula is C22H25N3O6. The molecule has 1 unspecified atom stereocenters. The molecule has 0 radical (unpaired) electrons. The Labute approximate surface area is 180 Å². The number of rotatable bonds is 8. The Bertz CT molecular complexity index is 989. The highest BCUT2D eigenvalue weighted by molar-refractivity contribution is 5.98. The number of hydrogen-bond acceptors (Lipinski definition) is 7. The molecule has 3 rings (SSSR count). The van der Waals surface area contributed by atoms with Crippen molar-refractivity contribution in [1.29, 1.82) is 0 Å². The van der Waals surface area contributed by atoms with Gasteiger partial charge in [0.1, 0.15) is 6.04 Å². The lowest BCUT2D eigenvalue weighted by Gasteiger charge is -2.20. The molecular weight excluding hydrogens is 402 g/mol. The van der Waals surface area contributed by atoms with E-state index in [-0.39, 0.29) is 12.7 Å². The molecule has 1 heterocycles. The Hall–Kier alpha value is -3.75. The number of hydrogen-bond donors (Lipinski definition) is 2. The van der Waals surface area contributed by atoms with Crippen LogP contribution in [0.1, 0.15) is 29.8 Å². The van der Waals surface area contributed by atoms with Crippen molar-refractivity contribution in [3.63, 3.8) is 0 Å². The van der Waals surface area contributed by atoms with Crippen molar-refractivity contribution in [2.24, 2.45) is 11.0 Å². The SMILES string of the molecule is COc1ccc(C=NNC(=O)C(NC(=O)c2ccc3c(c2)OCO3)C(C)C)cc1OC. The Kier molecular flexibility index (Phi) is 6.96. The zero-order valence-electron chi connectivity index (χ0n) is 17.8. The van der Waals surface area contributed by atoms with Crippen molar-refractivity contribution in [1.82, 2.24) is 10.7 Å². The molecule has 0 saturated heterocycles. The Balaban J connectivity index is 1.64. The number of amides is 2. The first kappa shape index (κ1) is 21.9. The average molecular weight is 427 g/mol. The van der Waals surface area contributed by atoms with Crippen molar-refractivity contribution in [2.75, 3.05) is 21.0 Å². The highest BCUT2D eigenvalue weighted by Gasteiger charge is 2.25. The standard InChI is InChI=1S/C22H25N3O6/c1-13(2)20(24-21(26)15-6-8-17-19(10-15)31-12-30-17)22(27)25-23-11-14-5-7-16(28-3)18(9-14)29-4/h5-11,13,20H,12H2,1-4H3,(H,24,26)(H,25,27). The lowest BCUT2D eigenvalue weighted by Crippen LogP contribution is -2.48. The normalized spacial score (nSPS) is 13.2. The zero-order valence-corrected chi connectivity index (χ0v) is 17.8. The van der Waals surface area contributed by atoms with Gasteiger partial charge in [0, 0.05) is 5.56 Å². The van der Waals surface area contributed by atoms with E-state index in [1.165, 1.54) is 13.3 Å². The number of benzene rings is 2. The van der Waals surface area contributed by atoms with Crippen molar-refractivity contribution >= 4 is 18.0 Å². The van der Waals surface area contributed by atoms with Gasteiger partial charge in [-0.25, -0.2) is 5.43 Å². The number of ether oxygens (including phenoxy) is 4. The molecule has 0 bridgehead atoms. The van der Waals surface area contributed by atoms with E-state index in [1.54, 1.807) is 43.5 Å². The van der Waals surface area contributed by atoms with E-state index in [1.807, 2.05) is 13.8 Å². The molecule has 2 N–H and O–H groups in total. The van der Waals surface area contributed by atoms with Crippen molar-refractivity contribution in [2.45, 2.75) is 19.9 Å². The molecule has 31 heavy (non-hydrogen) atoms. The first-order valence-corrected chi connectivity index (χ1v) is 9.68. The number of methoxy groups -OCH3 is 2. The van der Waals surface area contributed by atoms with Gasteiger partial charge in [-0.15, -0.1) is 0 Å². The predicted octanol–water partition coefficient (Wildman–Crippen LogP) is 2.34. The van der Waals surface area contributed by atoms with Gasteiger partial charge in [0.25, 0.3) is 11.8 Å². The fourth-order valence-electron chi connectivity index (χ4n) is 2.97. The first-order valence-electron chi connectivity index (χ1n) is 9.68. The topological polar surface area (TPSA) is 107 Å². The summed E-state index contributed by atoms with van der Waals surface area (Å²) < 4.78 is 21.0. The zero-order chi connectivity index (χ0) is 22.4. The van der Waals surface area contributed by atoms with Gasteiger partial charge in [-0.2, -0.15) is 5.10 Å². The van der Waals surface area contributed by atoms with Gasteiger partial charge in [-0.1, -0.05) is 13.8 Å². The van der Waals surface area contributed by atoms with Crippen LogP contribution in [-0.2, 0) is 4.79 Å². The first-order chi connectivity index (χ1) is 14.9. The minimum absolute atomic E-state index is 0.121. The molecule has 2 aromatic carbocycles. The van der Waals surface area contributed by atoms with Gasteiger partial charge in [-0.05, 0) is 47.9 Å². The second-order valence-electron chi connectivity index (χ2n) is 7.11. The van der Waals surface area contributed by atoms with E-state index in [0.717, 1.165) is 0 Å². The molecule has 0 saturated carbocycles. The number of carbonyl (C=O) groups is 2. The van der Waals surface area contributed by atoms with E-state index < -0.39 is 17.9 Å². The summed E-state index contributed by atoms with van der Waals surface area (Å²) in [5.41, 5.74) is 3.56. The van der Waals surface area contributed by atoms with Gasteiger partial charge in [0.2, 0.25) is 6.79 Å².